The Bertz CT molecular complexity index is 2660. The van der Waals surface area contributed by atoms with Gasteiger partial charge in [0, 0.05) is 5.92 Å². The lowest BCUT2D eigenvalue weighted by atomic mass is 9.48. The van der Waals surface area contributed by atoms with Gasteiger partial charge in [0.05, 0.1) is 27.9 Å². The van der Waals surface area contributed by atoms with Crippen molar-refractivity contribution in [1.82, 2.24) is 0 Å². The van der Waals surface area contributed by atoms with E-state index < -0.39 is 10.8 Å². The quantitative estimate of drug-likeness (QED) is 0.182. The van der Waals surface area contributed by atoms with E-state index in [9.17, 15) is 0 Å². The summed E-state index contributed by atoms with van der Waals surface area (Å²) in [7, 11) is 0. The average Bonchev–Trinajstić information content (AvgIpc) is 3.23. The van der Waals surface area contributed by atoms with Crippen LogP contribution in [0.4, 0.5) is 17.1 Å². The van der Waals surface area contributed by atoms with Crippen LogP contribution in [0.2, 0.25) is 0 Å². The van der Waals surface area contributed by atoms with Crippen LogP contribution in [0, 0.1) is 0 Å². The van der Waals surface area contributed by atoms with Crippen LogP contribution < -0.4 is 4.90 Å². The molecule has 0 fully saturated rings. The minimum absolute atomic E-state index is 0.200. The summed E-state index contributed by atoms with van der Waals surface area (Å²) in [5.74, 6) is 0.200. The standard InChI is InChI=1S/C51H33N/c1-4-16-33(17-5-1)34-30-31-45-44(32-34)50(35-18-6-2-7-19-35,36-20-8-3-9-21-36)42-27-15-28-43-49(42)52(45)46-29-14-24-39-47-37-22-10-12-25-40(37)51(43,48(39)46)41-26-13-11-23-38(41)47/h1-32,47H. The lowest BCUT2D eigenvalue weighted by Crippen LogP contribution is -2.49. The molecule has 8 aromatic rings. The summed E-state index contributed by atoms with van der Waals surface area (Å²) >= 11 is 0. The zero-order chi connectivity index (χ0) is 34.0. The van der Waals surface area contributed by atoms with Crippen molar-refractivity contribution in [2.45, 2.75) is 16.7 Å². The molecule has 3 aliphatic carbocycles. The lowest BCUT2D eigenvalue weighted by Gasteiger charge is -2.58. The predicted octanol–water partition coefficient (Wildman–Crippen LogP) is 12.0. The van der Waals surface area contributed by atoms with Gasteiger partial charge in [-0.3, -0.25) is 0 Å². The first-order chi connectivity index (χ1) is 25.8. The lowest BCUT2D eigenvalue weighted by molar-refractivity contribution is 0.614. The van der Waals surface area contributed by atoms with Crippen molar-refractivity contribution in [3.8, 4) is 11.1 Å². The Morgan fingerprint density at radius 2 is 0.865 bits per heavy atom. The van der Waals surface area contributed by atoms with Crippen molar-refractivity contribution in [3.05, 3.63) is 255 Å². The molecule has 0 N–H and O–H groups in total. The summed E-state index contributed by atoms with van der Waals surface area (Å²) in [5, 5.41) is 0. The zero-order valence-electron chi connectivity index (χ0n) is 28.5. The smallest absolute Gasteiger partial charge is 0.0751 e. The van der Waals surface area contributed by atoms with Crippen molar-refractivity contribution < 1.29 is 0 Å². The van der Waals surface area contributed by atoms with Crippen molar-refractivity contribution in [2.75, 3.05) is 4.90 Å². The molecule has 8 aromatic carbocycles. The third kappa shape index (κ3) is 3.22. The zero-order valence-corrected chi connectivity index (χ0v) is 28.5. The minimum atomic E-state index is -0.582. The largest absolute Gasteiger partial charge is 0.309 e. The van der Waals surface area contributed by atoms with Gasteiger partial charge in [0.1, 0.15) is 0 Å². The molecule has 13 rings (SSSR count). The van der Waals surface area contributed by atoms with E-state index in [1.165, 1.54) is 89.4 Å². The van der Waals surface area contributed by atoms with E-state index in [-0.39, 0.29) is 5.92 Å². The second-order valence-electron chi connectivity index (χ2n) is 14.7. The molecule has 2 heterocycles. The number of benzene rings is 8. The first-order valence-electron chi connectivity index (χ1n) is 18.4. The van der Waals surface area contributed by atoms with Crippen LogP contribution in [0.3, 0.4) is 0 Å². The number of para-hydroxylation sites is 1. The van der Waals surface area contributed by atoms with Gasteiger partial charge in [0.15, 0.2) is 0 Å². The van der Waals surface area contributed by atoms with Crippen LogP contribution in [0.5, 0.6) is 0 Å². The summed E-state index contributed by atoms with van der Waals surface area (Å²) < 4.78 is 0. The van der Waals surface area contributed by atoms with Crippen LogP contribution >= 0.6 is 0 Å². The molecule has 1 spiro atoms. The minimum Gasteiger partial charge on any atom is -0.309 e. The topological polar surface area (TPSA) is 3.24 Å². The van der Waals surface area contributed by atoms with Gasteiger partial charge >= 0.3 is 0 Å². The first-order valence-corrected chi connectivity index (χ1v) is 18.4. The van der Waals surface area contributed by atoms with Gasteiger partial charge in [-0.25, -0.2) is 0 Å². The third-order valence-corrected chi connectivity index (χ3v) is 12.6. The Morgan fingerprint density at radius 1 is 0.346 bits per heavy atom. The van der Waals surface area contributed by atoms with Gasteiger partial charge in [0.2, 0.25) is 0 Å². The molecule has 52 heavy (non-hydrogen) atoms. The molecule has 1 heteroatoms. The monoisotopic (exact) mass is 659 g/mol. The van der Waals surface area contributed by atoms with Crippen LogP contribution in [0.1, 0.15) is 67.1 Å². The summed E-state index contributed by atoms with van der Waals surface area (Å²) in [4.78, 5) is 2.63. The molecule has 5 aliphatic rings. The van der Waals surface area contributed by atoms with Crippen molar-refractivity contribution >= 4 is 17.1 Å². The fourth-order valence-corrected chi connectivity index (χ4v) is 10.8. The molecule has 2 bridgehead atoms. The van der Waals surface area contributed by atoms with Crippen molar-refractivity contribution in [2.24, 2.45) is 0 Å². The molecular formula is C51H33N. The maximum atomic E-state index is 2.63. The number of nitrogens with zero attached hydrogens (tertiary/aromatic N) is 1. The molecule has 0 saturated heterocycles. The van der Waals surface area contributed by atoms with E-state index in [0.29, 0.717) is 0 Å². The van der Waals surface area contributed by atoms with Crippen LogP contribution in [-0.4, -0.2) is 0 Å². The molecule has 0 radical (unpaired) electrons. The van der Waals surface area contributed by atoms with Gasteiger partial charge < -0.3 is 4.90 Å². The summed E-state index contributed by atoms with van der Waals surface area (Å²) in [6, 6.07) is 73.4. The number of fused-ring (bicyclic) bond motifs is 3. The predicted molar refractivity (Wildman–Crippen MR) is 211 cm³/mol. The molecule has 1 nitrogen and oxygen atoms in total. The van der Waals surface area contributed by atoms with E-state index in [4.69, 9.17) is 0 Å². The maximum absolute atomic E-state index is 2.63. The molecule has 0 aromatic heterocycles. The van der Waals surface area contributed by atoms with E-state index in [0.717, 1.165) is 0 Å². The van der Waals surface area contributed by atoms with E-state index in [2.05, 4.69) is 199 Å². The van der Waals surface area contributed by atoms with Crippen molar-refractivity contribution in [1.29, 1.82) is 0 Å². The molecular weight excluding hydrogens is 627 g/mol. The molecule has 0 saturated carbocycles. The number of anilines is 3. The Balaban J connectivity index is 1.30. The Labute approximate surface area is 304 Å². The van der Waals surface area contributed by atoms with E-state index in [1.807, 2.05) is 0 Å². The highest BCUT2D eigenvalue weighted by molar-refractivity contribution is 6.00. The van der Waals surface area contributed by atoms with Gasteiger partial charge in [-0.05, 0) is 90.5 Å². The Hall–Kier alpha value is -6.44. The van der Waals surface area contributed by atoms with Crippen LogP contribution in [-0.2, 0) is 10.8 Å². The highest BCUT2D eigenvalue weighted by Crippen LogP contribution is 2.71. The highest BCUT2D eigenvalue weighted by Gasteiger charge is 2.60. The fourth-order valence-electron chi connectivity index (χ4n) is 10.8. The number of hydrogen-bond donors (Lipinski definition) is 0. The number of hydrogen-bond acceptors (Lipinski definition) is 1. The second-order valence-corrected chi connectivity index (χ2v) is 14.7. The van der Waals surface area contributed by atoms with E-state index in [1.54, 1.807) is 0 Å². The fraction of sp³-hybridized carbons (Fsp3) is 0.0588. The average molecular weight is 660 g/mol. The normalized spacial score (nSPS) is 18.8. The third-order valence-electron chi connectivity index (χ3n) is 12.6. The summed E-state index contributed by atoms with van der Waals surface area (Å²) in [6.07, 6.45) is 0. The van der Waals surface area contributed by atoms with Crippen LogP contribution in [0.15, 0.2) is 194 Å². The molecule has 2 aliphatic heterocycles. The van der Waals surface area contributed by atoms with Gasteiger partial charge in [-0.15, -0.1) is 0 Å². The van der Waals surface area contributed by atoms with E-state index >= 15 is 0 Å². The maximum Gasteiger partial charge on any atom is 0.0751 e. The second kappa shape index (κ2) is 10.1. The molecule has 0 atom stereocenters. The number of rotatable bonds is 3. The molecule has 0 unspecified atom stereocenters. The highest BCUT2D eigenvalue weighted by atomic mass is 15.2. The Kier molecular flexibility index (Phi) is 5.48. The van der Waals surface area contributed by atoms with Gasteiger partial charge in [-0.2, -0.15) is 0 Å². The molecule has 0 amide bonds. The van der Waals surface area contributed by atoms with Crippen molar-refractivity contribution in [3.63, 3.8) is 0 Å². The molecule has 242 valence electrons. The SMILES string of the molecule is c1ccc(-c2ccc3c(c2)C(c2ccccc2)(c2ccccc2)c2cccc4c2N3c2cccc3c2C42c4ccccc4C3c3ccccc32)cc1. The van der Waals surface area contributed by atoms with Gasteiger partial charge in [-0.1, -0.05) is 176 Å². The first kappa shape index (κ1) is 28.3. The van der Waals surface area contributed by atoms with Gasteiger partial charge in [0.25, 0.3) is 0 Å². The van der Waals surface area contributed by atoms with Crippen LogP contribution in [0.25, 0.3) is 11.1 Å². The summed E-state index contributed by atoms with van der Waals surface area (Å²) in [6.45, 7) is 0. The Morgan fingerprint density at radius 3 is 1.52 bits per heavy atom. The summed E-state index contributed by atoms with van der Waals surface area (Å²) in [5.41, 5.74) is 20.3.